The molecule has 0 amide bonds. The van der Waals surface area contributed by atoms with Crippen molar-refractivity contribution in [1.82, 2.24) is 0 Å². The van der Waals surface area contributed by atoms with Crippen LogP contribution in [0.25, 0.3) is 0 Å². The Bertz CT molecular complexity index is 239. The Kier molecular flexibility index (Phi) is 10.2. The molecule has 102 valence electrons. The van der Waals surface area contributed by atoms with Crippen LogP contribution in [-0.4, -0.2) is 0 Å². The van der Waals surface area contributed by atoms with E-state index in [1.165, 1.54) is 25.7 Å². The van der Waals surface area contributed by atoms with E-state index in [-0.39, 0.29) is 16.5 Å². The summed E-state index contributed by atoms with van der Waals surface area (Å²) < 4.78 is 0. The van der Waals surface area contributed by atoms with Crippen molar-refractivity contribution in [3.05, 3.63) is 19.6 Å². The molecule has 0 unspecified atom stereocenters. The van der Waals surface area contributed by atoms with Crippen LogP contribution in [0.5, 0.6) is 0 Å². The molecule has 0 saturated heterocycles. The van der Waals surface area contributed by atoms with Crippen LogP contribution in [-0.2, 0) is 67.0 Å². The fourth-order valence-corrected chi connectivity index (χ4v) is 2.69. The van der Waals surface area contributed by atoms with Crippen molar-refractivity contribution >= 4 is 50.5 Å². The molecule has 0 fully saturated rings. The summed E-state index contributed by atoms with van der Waals surface area (Å²) in [6, 6.07) is 0. The van der Waals surface area contributed by atoms with Crippen LogP contribution in [0.15, 0.2) is 19.6 Å². The summed E-state index contributed by atoms with van der Waals surface area (Å²) in [4.78, 5) is 4.13. The van der Waals surface area contributed by atoms with Crippen molar-refractivity contribution < 1.29 is 16.5 Å². The van der Waals surface area contributed by atoms with Gasteiger partial charge in [-0.1, -0.05) is 51.4 Å². The van der Waals surface area contributed by atoms with E-state index >= 15 is 0 Å². The molecular weight excluding hydrogens is 331 g/mol. The van der Waals surface area contributed by atoms with Crippen LogP contribution in [0.4, 0.5) is 0 Å². The van der Waals surface area contributed by atoms with Gasteiger partial charge in [0.25, 0.3) is 0 Å². The second-order valence-corrected chi connectivity index (χ2v) is 6.08. The molecule has 2 aliphatic rings. The molecule has 0 aromatic rings. The van der Waals surface area contributed by atoms with E-state index in [4.69, 9.17) is 50.5 Å². The van der Waals surface area contributed by atoms with E-state index in [2.05, 4.69) is 0 Å². The second kappa shape index (κ2) is 9.74. The molecule has 0 radical (unpaired) electrons. The minimum Gasteiger partial charge on any atom is -0.786 e. The Labute approximate surface area is 137 Å². The number of rotatable bonds is 0. The fourth-order valence-electron chi connectivity index (χ4n) is 1.70. The molecule has 2 aliphatic carbocycles. The normalized spacial score (nSPS) is 20.2. The minimum absolute atomic E-state index is 0. The third-order valence-corrected chi connectivity index (χ3v) is 4.80. The minimum atomic E-state index is 0. The van der Waals surface area contributed by atoms with Gasteiger partial charge in [-0.2, -0.15) is 0 Å². The molecule has 0 saturated carbocycles. The SMILES string of the molecule is [Ni].[S-]C1=C([S-])CCCC1.[S-]C1=C([S-])CCCC1. The smallest absolute Gasteiger partial charge is 0 e. The van der Waals surface area contributed by atoms with E-state index in [1.54, 1.807) is 0 Å². The standard InChI is InChI=1S/2C6H10S2.Ni/c2*7-5-3-1-2-4-6(5)8;/h2*7-8H,1-4H2;/p-4. The molecular formula is C12H16NiS4-4. The van der Waals surface area contributed by atoms with Gasteiger partial charge in [-0.15, -0.1) is 0 Å². The zero-order chi connectivity index (χ0) is 12.0. The van der Waals surface area contributed by atoms with Gasteiger partial charge >= 0.3 is 0 Å². The summed E-state index contributed by atoms with van der Waals surface area (Å²) in [6.07, 6.45) is 9.25. The Balaban J connectivity index is 0.000000284. The average molecular weight is 347 g/mol. The summed E-state index contributed by atoms with van der Waals surface area (Å²) in [6.45, 7) is 0. The third kappa shape index (κ3) is 7.12. The van der Waals surface area contributed by atoms with Crippen molar-refractivity contribution in [3.63, 3.8) is 0 Å². The van der Waals surface area contributed by atoms with Crippen LogP contribution in [0.1, 0.15) is 51.4 Å². The predicted octanol–water partition coefficient (Wildman–Crippen LogP) is 3.73. The molecule has 17 heavy (non-hydrogen) atoms. The Morgan fingerprint density at radius 3 is 0.765 bits per heavy atom. The van der Waals surface area contributed by atoms with Gasteiger partial charge in [-0.25, -0.2) is 19.6 Å². The molecule has 0 aromatic carbocycles. The number of hydrogen-bond donors (Lipinski definition) is 0. The van der Waals surface area contributed by atoms with Crippen LogP contribution in [0, 0.1) is 0 Å². The molecule has 0 nitrogen and oxygen atoms in total. The fraction of sp³-hybridized carbons (Fsp3) is 0.667. The van der Waals surface area contributed by atoms with E-state index in [0.29, 0.717) is 0 Å². The zero-order valence-corrected chi connectivity index (χ0v) is 13.9. The van der Waals surface area contributed by atoms with Gasteiger partial charge in [0.1, 0.15) is 0 Å². The first kappa shape index (κ1) is 17.9. The maximum atomic E-state index is 4.99. The summed E-state index contributed by atoms with van der Waals surface area (Å²) >= 11 is 19.9. The van der Waals surface area contributed by atoms with Crippen LogP contribution >= 0.6 is 0 Å². The van der Waals surface area contributed by atoms with E-state index in [0.717, 1.165) is 45.3 Å². The molecule has 2 rings (SSSR count). The maximum absolute atomic E-state index is 4.99. The maximum Gasteiger partial charge on any atom is 0 e. The summed E-state index contributed by atoms with van der Waals surface area (Å²) in [7, 11) is 0. The predicted molar refractivity (Wildman–Crippen MR) is 80.4 cm³/mol. The number of allylic oxidation sites excluding steroid dienone is 4. The van der Waals surface area contributed by atoms with Crippen LogP contribution in [0.3, 0.4) is 0 Å². The van der Waals surface area contributed by atoms with Gasteiger partial charge < -0.3 is 50.5 Å². The average Bonchev–Trinajstić information content (AvgIpc) is 2.28. The van der Waals surface area contributed by atoms with E-state index in [1.807, 2.05) is 0 Å². The van der Waals surface area contributed by atoms with Gasteiger partial charge in [0, 0.05) is 16.5 Å². The Hall–Kier alpha value is 0.854. The third-order valence-electron chi connectivity index (χ3n) is 2.74. The molecule has 0 atom stereocenters. The Morgan fingerprint density at radius 2 is 0.647 bits per heavy atom. The topological polar surface area (TPSA) is 0 Å². The summed E-state index contributed by atoms with van der Waals surface area (Å²) in [5, 5.41) is 0. The van der Waals surface area contributed by atoms with E-state index < -0.39 is 0 Å². The molecule has 0 bridgehead atoms. The van der Waals surface area contributed by atoms with Crippen molar-refractivity contribution in [2.24, 2.45) is 0 Å². The largest absolute Gasteiger partial charge is 0.786 e. The van der Waals surface area contributed by atoms with Gasteiger partial charge in [-0.05, 0) is 0 Å². The first-order valence-corrected chi connectivity index (χ1v) is 7.36. The van der Waals surface area contributed by atoms with Crippen molar-refractivity contribution in [2.45, 2.75) is 51.4 Å². The van der Waals surface area contributed by atoms with Gasteiger partial charge in [0.15, 0.2) is 0 Å². The quantitative estimate of drug-likeness (QED) is 0.484. The van der Waals surface area contributed by atoms with Crippen LogP contribution < -0.4 is 0 Å². The molecule has 0 aromatic heterocycles. The molecule has 0 N–H and O–H groups in total. The molecule has 0 spiro atoms. The molecule has 0 heterocycles. The van der Waals surface area contributed by atoms with Gasteiger partial charge in [0.2, 0.25) is 0 Å². The Morgan fingerprint density at radius 1 is 0.471 bits per heavy atom. The van der Waals surface area contributed by atoms with Gasteiger partial charge in [-0.3, -0.25) is 0 Å². The number of hydrogen-bond acceptors (Lipinski definition) is 4. The zero-order valence-electron chi connectivity index (χ0n) is 9.61. The van der Waals surface area contributed by atoms with Gasteiger partial charge in [0.05, 0.1) is 0 Å². The first-order chi connectivity index (χ1) is 7.61. The molecule has 5 heteroatoms. The van der Waals surface area contributed by atoms with Crippen LogP contribution in [0.2, 0.25) is 0 Å². The van der Waals surface area contributed by atoms with E-state index in [9.17, 15) is 0 Å². The summed E-state index contributed by atoms with van der Waals surface area (Å²) in [5.41, 5.74) is 0. The monoisotopic (exact) mass is 346 g/mol. The van der Waals surface area contributed by atoms with Crippen molar-refractivity contribution in [1.29, 1.82) is 0 Å². The molecule has 0 aliphatic heterocycles. The van der Waals surface area contributed by atoms with Crippen molar-refractivity contribution in [3.8, 4) is 0 Å². The van der Waals surface area contributed by atoms with Crippen molar-refractivity contribution in [2.75, 3.05) is 0 Å². The first-order valence-electron chi connectivity index (χ1n) is 5.73. The second-order valence-electron chi connectivity index (χ2n) is 4.11. The summed E-state index contributed by atoms with van der Waals surface area (Å²) in [5.74, 6) is 0.